The summed E-state index contributed by atoms with van der Waals surface area (Å²) >= 11 is 0. The first-order chi connectivity index (χ1) is 18.7. The van der Waals surface area contributed by atoms with Crippen LogP contribution >= 0.6 is 0 Å². The lowest BCUT2D eigenvalue weighted by Gasteiger charge is -2.68. The van der Waals surface area contributed by atoms with Crippen LogP contribution in [0.3, 0.4) is 0 Å². The molecule has 8 nitrogen and oxygen atoms in total. The van der Waals surface area contributed by atoms with Crippen LogP contribution in [0.4, 0.5) is 0 Å². The van der Waals surface area contributed by atoms with Gasteiger partial charge in [0, 0.05) is 36.0 Å². The van der Waals surface area contributed by atoms with Gasteiger partial charge in [-0.25, -0.2) is 4.79 Å². The molecule has 0 spiro atoms. The summed E-state index contributed by atoms with van der Waals surface area (Å²) in [6.07, 6.45) is 6.47. The Morgan fingerprint density at radius 2 is 1.75 bits per heavy atom. The van der Waals surface area contributed by atoms with Crippen molar-refractivity contribution in [3.05, 3.63) is 22.3 Å². The smallest absolute Gasteiger partial charge is 0.331 e. The molecule has 0 aromatic heterocycles. The number of nitrogens with two attached hydrogens (primary N) is 3. The number of allylic oxidation sites excluding steroid dienone is 2. The van der Waals surface area contributed by atoms with E-state index in [1.54, 1.807) is 0 Å². The highest BCUT2D eigenvalue weighted by atomic mass is 16.5. The van der Waals surface area contributed by atoms with Crippen LogP contribution in [0.15, 0.2) is 22.3 Å². The number of carboxylic acid groups (broad SMARTS) is 1. The minimum absolute atomic E-state index is 0.0751. The molecule has 1 unspecified atom stereocenters. The number of aliphatic hydroxyl groups excluding tert-OH is 1. The van der Waals surface area contributed by atoms with E-state index in [1.807, 2.05) is 0 Å². The van der Waals surface area contributed by atoms with E-state index >= 15 is 0 Å². The van der Waals surface area contributed by atoms with E-state index < -0.39 is 35.1 Å². The average Bonchev–Trinajstić information content (AvgIpc) is 3.16. The van der Waals surface area contributed by atoms with Gasteiger partial charge in [0.1, 0.15) is 6.10 Å². The zero-order chi connectivity index (χ0) is 29.4. The summed E-state index contributed by atoms with van der Waals surface area (Å²) in [5, 5.41) is 21.3. The number of aliphatic carboxylic acids is 1. The van der Waals surface area contributed by atoms with Crippen LogP contribution in [0.1, 0.15) is 98.8 Å². The number of esters is 1. The Hall–Kier alpha value is -1.74. The monoisotopic (exact) mass is 557 g/mol. The highest BCUT2D eigenvalue weighted by molar-refractivity contribution is 5.89. The minimum Gasteiger partial charge on any atom is -0.478 e. The van der Waals surface area contributed by atoms with E-state index in [0.717, 1.165) is 44.9 Å². The summed E-state index contributed by atoms with van der Waals surface area (Å²) in [5.41, 5.74) is 23.7. The van der Waals surface area contributed by atoms with Gasteiger partial charge < -0.3 is 32.2 Å². The first-order valence-electron chi connectivity index (χ1n) is 15.4. The number of rotatable bonds is 3. The molecule has 0 heterocycles. The van der Waals surface area contributed by atoms with Gasteiger partial charge in [-0.05, 0) is 112 Å². The maximum Gasteiger partial charge on any atom is 0.331 e. The second-order valence-corrected chi connectivity index (χ2v) is 14.6. The normalized spacial score (nSPS) is 48.0. The van der Waals surface area contributed by atoms with Crippen molar-refractivity contribution in [2.75, 3.05) is 0 Å². The zero-order valence-corrected chi connectivity index (χ0v) is 25.0. The van der Waals surface area contributed by atoms with Crippen molar-refractivity contribution in [1.29, 1.82) is 0 Å². The van der Waals surface area contributed by atoms with Gasteiger partial charge >= 0.3 is 11.9 Å². The molecule has 0 bridgehead atoms. The van der Waals surface area contributed by atoms with E-state index in [1.165, 1.54) is 18.1 Å². The Labute approximate surface area is 239 Å². The van der Waals surface area contributed by atoms with E-state index in [9.17, 15) is 19.8 Å². The molecule has 11 atom stereocenters. The van der Waals surface area contributed by atoms with Gasteiger partial charge in [0.2, 0.25) is 0 Å². The number of carboxylic acids is 1. The first-order valence-corrected chi connectivity index (χ1v) is 15.4. The van der Waals surface area contributed by atoms with Crippen molar-refractivity contribution >= 4 is 11.9 Å². The Balaban J connectivity index is 1.64. The highest BCUT2D eigenvalue weighted by Gasteiger charge is 2.71. The third-order valence-electron chi connectivity index (χ3n) is 12.5. The molecule has 0 aliphatic heterocycles. The third-order valence-corrected chi connectivity index (χ3v) is 12.5. The van der Waals surface area contributed by atoms with Crippen molar-refractivity contribution in [2.45, 2.75) is 129 Å². The predicted molar refractivity (Wildman–Crippen MR) is 154 cm³/mol. The SMILES string of the molecule is CC(=O)O[C@H]1C[C@@]2(C)[C@H](/C1=C(/C(=O)O)C1CCCC(=C(C)C)C1)[C@@H](N)C[C@H]1[C@@]3(C)CC[C@@H](O)[C@@H](N)[C@@H]3CC[C@@]12N. The molecular weight excluding hydrogens is 506 g/mol. The minimum atomic E-state index is -0.931. The summed E-state index contributed by atoms with van der Waals surface area (Å²) in [6.45, 7) is 10.1. The molecule has 0 saturated heterocycles. The van der Waals surface area contributed by atoms with Crippen LogP contribution in [0.5, 0.6) is 0 Å². The van der Waals surface area contributed by atoms with Gasteiger partial charge in [-0.3, -0.25) is 4.79 Å². The molecule has 0 aromatic rings. The summed E-state index contributed by atoms with van der Waals surface area (Å²) in [5.74, 6) is -1.54. The van der Waals surface area contributed by atoms with Crippen LogP contribution in [0.2, 0.25) is 0 Å². The van der Waals surface area contributed by atoms with Gasteiger partial charge in [-0.2, -0.15) is 0 Å². The zero-order valence-electron chi connectivity index (χ0n) is 25.0. The summed E-state index contributed by atoms with van der Waals surface area (Å²) < 4.78 is 5.98. The second-order valence-electron chi connectivity index (χ2n) is 14.6. The maximum atomic E-state index is 13.1. The largest absolute Gasteiger partial charge is 0.478 e. The van der Waals surface area contributed by atoms with Crippen LogP contribution in [0, 0.1) is 34.5 Å². The van der Waals surface area contributed by atoms with Crippen LogP contribution in [-0.2, 0) is 14.3 Å². The van der Waals surface area contributed by atoms with E-state index in [-0.39, 0.29) is 41.2 Å². The molecule has 5 rings (SSSR count). The molecule has 5 saturated carbocycles. The molecule has 0 aromatic carbocycles. The fraction of sp³-hybridized carbons (Fsp3) is 0.812. The van der Waals surface area contributed by atoms with Gasteiger partial charge in [-0.15, -0.1) is 0 Å². The van der Waals surface area contributed by atoms with Crippen molar-refractivity contribution in [2.24, 2.45) is 51.7 Å². The average molecular weight is 558 g/mol. The number of fused-ring (bicyclic) bond motifs is 5. The summed E-state index contributed by atoms with van der Waals surface area (Å²) in [7, 11) is 0. The molecule has 8 heteroatoms. The Bertz CT molecular complexity index is 1130. The van der Waals surface area contributed by atoms with Crippen LogP contribution in [0.25, 0.3) is 0 Å². The standard InChI is InChI=1S/C32H51N3O5/c1-16(2)18-7-6-8-19(13-18)25(29(38)39)26-23(40-17(3)36)15-31(5)27(26)21(33)14-24-30(4)11-10-22(37)28(34)20(30)9-12-32(24,31)35/h19-24,27-28,37H,6-15,33-35H2,1-5H3,(H,38,39)/b26-25+/t19?,20-,21-,22+,23-,24-,27-,28-,30-,31-,32+/m0/s1. The van der Waals surface area contributed by atoms with E-state index in [0.29, 0.717) is 30.4 Å². The lowest BCUT2D eigenvalue weighted by molar-refractivity contribution is -0.158. The quantitative estimate of drug-likeness (QED) is 0.199. The lowest BCUT2D eigenvalue weighted by Crippen LogP contribution is -2.74. The number of aliphatic hydroxyl groups is 1. The maximum absolute atomic E-state index is 13.1. The number of hydrogen-bond acceptors (Lipinski definition) is 7. The van der Waals surface area contributed by atoms with Crippen molar-refractivity contribution in [1.82, 2.24) is 0 Å². The van der Waals surface area contributed by atoms with Gasteiger partial charge in [0.15, 0.2) is 0 Å². The summed E-state index contributed by atoms with van der Waals surface area (Å²) in [6, 6.07) is -0.603. The van der Waals surface area contributed by atoms with E-state index in [2.05, 4.69) is 27.7 Å². The van der Waals surface area contributed by atoms with Gasteiger partial charge in [0.05, 0.1) is 6.10 Å². The van der Waals surface area contributed by atoms with Crippen LogP contribution in [-0.4, -0.2) is 52.0 Å². The molecule has 5 aliphatic rings. The predicted octanol–water partition coefficient (Wildman–Crippen LogP) is 3.80. The Morgan fingerprint density at radius 1 is 1.05 bits per heavy atom. The van der Waals surface area contributed by atoms with Crippen molar-refractivity contribution in [3.8, 4) is 0 Å². The van der Waals surface area contributed by atoms with Crippen LogP contribution < -0.4 is 17.2 Å². The molecule has 224 valence electrons. The third kappa shape index (κ3) is 4.31. The molecule has 5 aliphatic carbocycles. The number of ether oxygens (including phenoxy) is 1. The van der Waals surface area contributed by atoms with Gasteiger partial charge in [0.25, 0.3) is 0 Å². The van der Waals surface area contributed by atoms with E-state index in [4.69, 9.17) is 21.9 Å². The first kappa shape index (κ1) is 29.7. The number of carbonyl (C=O) groups is 2. The fourth-order valence-corrected chi connectivity index (χ4v) is 10.5. The molecule has 0 radical (unpaired) electrons. The van der Waals surface area contributed by atoms with Crippen molar-refractivity contribution in [3.63, 3.8) is 0 Å². The number of hydrogen-bond donors (Lipinski definition) is 5. The lowest BCUT2D eigenvalue weighted by atomic mass is 9.39. The Morgan fingerprint density at radius 3 is 2.38 bits per heavy atom. The van der Waals surface area contributed by atoms with Crippen molar-refractivity contribution < 1.29 is 24.5 Å². The topological polar surface area (TPSA) is 162 Å². The molecule has 0 amide bonds. The fourth-order valence-electron chi connectivity index (χ4n) is 10.5. The highest BCUT2D eigenvalue weighted by Crippen LogP contribution is 2.69. The Kier molecular flexibility index (Phi) is 7.59. The second kappa shape index (κ2) is 10.2. The molecule has 5 fully saturated rings. The summed E-state index contributed by atoms with van der Waals surface area (Å²) in [4.78, 5) is 25.5. The van der Waals surface area contributed by atoms with Gasteiger partial charge in [-0.1, -0.05) is 25.0 Å². The molecule has 8 N–H and O–H groups in total. The molecular formula is C32H51N3O5. The molecule has 40 heavy (non-hydrogen) atoms. The number of carbonyl (C=O) groups excluding carboxylic acids is 1.